The van der Waals surface area contributed by atoms with Gasteiger partial charge in [-0.25, -0.2) is 14.0 Å². The topological polar surface area (TPSA) is 82.2 Å². The van der Waals surface area contributed by atoms with Crippen LogP contribution in [-0.2, 0) is 9.53 Å². The Hall–Kier alpha value is -3.43. The van der Waals surface area contributed by atoms with Gasteiger partial charge >= 0.3 is 12.0 Å². The molecule has 0 bridgehead atoms. The van der Waals surface area contributed by atoms with Crippen molar-refractivity contribution in [2.24, 2.45) is 0 Å². The highest BCUT2D eigenvalue weighted by Crippen LogP contribution is 2.33. The second-order valence-electron chi connectivity index (χ2n) is 9.13. The fourth-order valence-electron chi connectivity index (χ4n) is 4.79. The number of rotatable bonds is 6. The lowest BCUT2D eigenvalue weighted by Gasteiger charge is -2.42. The minimum Gasteiger partial charge on any atom is -0.463 e. The SMILES string of the molecule is CCOC(=O)C1=C(CN2CCN(C(=O)c3ccc(Cl)cc3)[C@H](C)C2)N(C)C(=O)N[C@H]1c1ccccc1F. The molecule has 1 fully saturated rings. The standard InChI is InChI=1S/C27H30ClFN4O4/c1-4-37-26(35)23-22(31(3)27(36)30-24(23)20-7-5-6-8-21(20)29)16-32-13-14-33(17(2)15-32)25(34)18-9-11-19(28)12-10-18/h5-12,17,24H,4,13-16H2,1-3H3,(H,30,36)/t17-,24+/m1/s1. The van der Waals surface area contributed by atoms with Gasteiger partial charge in [0.15, 0.2) is 0 Å². The fourth-order valence-corrected chi connectivity index (χ4v) is 4.91. The summed E-state index contributed by atoms with van der Waals surface area (Å²) in [6.07, 6.45) is 0. The molecule has 0 unspecified atom stereocenters. The number of nitrogens with one attached hydrogen (secondary N) is 1. The van der Waals surface area contributed by atoms with Crippen LogP contribution in [0.2, 0.25) is 5.02 Å². The van der Waals surface area contributed by atoms with Crippen LogP contribution >= 0.6 is 11.6 Å². The molecule has 37 heavy (non-hydrogen) atoms. The summed E-state index contributed by atoms with van der Waals surface area (Å²) >= 11 is 5.95. The molecule has 0 saturated carbocycles. The number of ether oxygens (including phenoxy) is 1. The molecule has 8 nitrogen and oxygen atoms in total. The number of carbonyl (C=O) groups is 3. The summed E-state index contributed by atoms with van der Waals surface area (Å²) in [6.45, 7) is 5.58. The zero-order valence-electron chi connectivity index (χ0n) is 21.0. The molecule has 4 rings (SSSR count). The molecule has 2 aromatic carbocycles. The van der Waals surface area contributed by atoms with Crippen LogP contribution in [0.5, 0.6) is 0 Å². The maximum Gasteiger partial charge on any atom is 0.338 e. The van der Waals surface area contributed by atoms with Crippen molar-refractivity contribution in [2.75, 3.05) is 39.8 Å². The lowest BCUT2D eigenvalue weighted by atomic mass is 9.93. The lowest BCUT2D eigenvalue weighted by Crippen LogP contribution is -2.56. The van der Waals surface area contributed by atoms with E-state index in [4.69, 9.17) is 16.3 Å². The van der Waals surface area contributed by atoms with Crippen molar-refractivity contribution in [1.82, 2.24) is 20.0 Å². The van der Waals surface area contributed by atoms with Gasteiger partial charge in [0.05, 0.1) is 18.2 Å². The average molecular weight is 529 g/mol. The molecule has 2 aliphatic heterocycles. The zero-order valence-corrected chi connectivity index (χ0v) is 21.8. The van der Waals surface area contributed by atoms with E-state index in [2.05, 4.69) is 10.2 Å². The molecule has 1 N–H and O–H groups in total. The molecule has 0 radical (unpaired) electrons. The predicted molar refractivity (Wildman–Crippen MR) is 137 cm³/mol. The summed E-state index contributed by atoms with van der Waals surface area (Å²) in [5, 5.41) is 3.30. The number of hydrogen-bond acceptors (Lipinski definition) is 5. The molecule has 1 saturated heterocycles. The van der Waals surface area contributed by atoms with Crippen molar-refractivity contribution >= 4 is 29.5 Å². The highest BCUT2D eigenvalue weighted by Gasteiger charge is 2.39. The highest BCUT2D eigenvalue weighted by atomic mass is 35.5. The first-order valence-corrected chi connectivity index (χ1v) is 12.6. The van der Waals surface area contributed by atoms with Gasteiger partial charge in [-0.3, -0.25) is 14.6 Å². The number of piperazine rings is 1. The molecule has 2 heterocycles. The summed E-state index contributed by atoms with van der Waals surface area (Å²) in [5.74, 6) is -1.22. The number of halogens is 2. The van der Waals surface area contributed by atoms with E-state index in [0.29, 0.717) is 35.9 Å². The molecule has 0 aliphatic carbocycles. The van der Waals surface area contributed by atoms with Gasteiger partial charge in [-0.1, -0.05) is 29.8 Å². The number of nitrogens with zero attached hydrogens (tertiary/aromatic N) is 3. The number of esters is 1. The van der Waals surface area contributed by atoms with Gasteiger partial charge in [0.2, 0.25) is 0 Å². The monoisotopic (exact) mass is 528 g/mol. The molecule has 10 heteroatoms. The van der Waals surface area contributed by atoms with Gasteiger partial charge in [-0.05, 0) is 44.2 Å². The molecular weight excluding hydrogens is 499 g/mol. The van der Waals surface area contributed by atoms with E-state index in [1.54, 1.807) is 61.3 Å². The summed E-state index contributed by atoms with van der Waals surface area (Å²) in [6, 6.07) is 11.3. The zero-order chi connectivity index (χ0) is 26.7. The number of amides is 3. The van der Waals surface area contributed by atoms with Crippen LogP contribution in [0.4, 0.5) is 9.18 Å². The van der Waals surface area contributed by atoms with Gasteiger partial charge in [-0.2, -0.15) is 0 Å². The van der Waals surface area contributed by atoms with E-state index < -0.39 is 23.9 Å². The second kappa shape index (κ2) is 11.3. The Kier molecular flexibility index (Phi) is 8.14. The van der Waals surface area contributed by atoms with Crippen molar-refractivity contribution < 1.29 is 23.5 Å². The number of carbonyl (C=O) groups excluding carboxylic acids is 3. The molecule has 0 aromatic heterocycles. The van der Waals surface area contributed by atoms with Crippen LogP contribution in [0.3, 0.4) is 0 Å². The normalized spacial score (nSPS) is 20.6. The quantitative estimate of drug-likeness (QED) is 0.576. The Morgan fingerprint density at radius 1 is 1.14 bits per heavy atom. The molecule has 2 atom stereocenters. The van der Waals surface area contributed by atoms with Crippen molar-refractivity contribution in [3.05, 3.63) is 81.8 Å². The molecule has 2 aromatic rings. The maximum absolute atomic E-state index is 14.7. The Labute approximate surface area is 220 Å². The van der Waals surface area contributed by atoms with Gasteiger partial charge in [0.1, 0.15) is 5.82 Å². The Bertz CT molecular complexity index is 1220. The smallest absolute Gasteiger partial charge is 0.338 e. The highest BCUT2D eigenvalue weighted by molar-refractivity contribution is 6.30. The molecule has 3 amide bonds. The fraction of sp³-hybridized carbons (Fsp3) is 0.370. The first-order valence-electron chi connectivity index (χ1n) is 12.2. The summed E-state index contributed by atoms with van der Waals surface area (Å²) in [7, 11) is 1.57. The molecule has 2 aliphatic rings. The average Bonchev–Trinajstić information content (AvgIpc) is 2.87. The van der Waals surface area contributed by atoms with E-state index in [1.165, 1.54) is 11.0 Å². The van der Waals surface area contributed by atoms with Gasteiger partial charge < -0.3 is 15.0 Å². The molecular formula is C27H30ClFN4O4. The van der Waals surface area contributed by atoms with Crippen LogP contribution in [0.25, 0.3) is 0 Å². The van der Waals surface area contributed by atoms with Gasteiger partial charge in [0, 0.05) is 61.1 Å². The summed E-state index contributed by atoms with van der Waals surface area (Å²) in [4.78, 5) is 44.3. The van der Waals surface area contributed by atoms with Crippen molar-refractivity contribution in [3.8, 4) is 0 Å². The maximum atomic E-state index is 14.7. The van der Waals surface area contributed by atoms with Crippen molar-refractivity contribution in [3.63, 3.8) is 0 Å². The van der Waals surface area contributed by atoms with Gasteiger partial charge in [0.25, 0.3) is 5.91 Å². The van der Waals surface area contributed by atoms with E-state index in [1.807, 2.05) is 6.92 Å². The Morgan fingerprint density at radius 2 is 1.84 bits per heavy atom. The van der Waals surface area contributed by atoms with E-state index in [-0.39, 0.29) is 36.2 Å². The van der Waals surface area contributed by atoms with E-state index in [0.717, 1.165) is 0 Å². The first kappa shape index (κ1) is 26.6. The molecule has 0 spiro atoms. The largest absolute Gasteiger partial charge is 0.463 e. The number of hydrogen-bond donors (Lipinski definition) is 1. The van der Waals surface area contributed by atoms with Gasteiger partial charge in [-0.15, -0.1) is 0 Å². The third-order valence-corrected chi connectivity index (χ3v) is 6.98. The van der Waals surface area contributed by atoms with Crippen molar-refractivity contribution in [2.45, 2.75) is 25.9 Å². The number of benzene rings is 2. The summed E-state index contributed by atoms with van der Waals surface area (Å²) < 4.78 is 20.1. The van der Waals surface area contributed by atoms with E-state index >= 15 is 0 Å². The second-order valence-corrected chi connectivity index (χ2v) is 9.57. The first-order chi connectivity index (χ1) is 17.7. The van der Waals surface area contributed by atoms with Crippen LogP contribution in [0.15, 0.2) is 59.8 Å². The third-order valence-electron chi connectivity index (χ3n) is 6.73. The number of likely N-dealkylation sites (N-methyl/N-ethyl adjacent to an activating group) is 1. The Morgan fingerprint density at radius 3 is 2.49 bits per heavy atom. The van der Waals surface area contributed by atoms with Crippen LogP contribution in [0, 0.1) is 5.82 Å². The summed E-state index contributed by atoms with van der Waals surface area (Å²) in [5.41, 5.74) is 1.39. The minimum absolute atomic E-state index is 0.0796. The van der Waals surface area contributed by atoms with Crippen molar-refractivity contribution in [1.29, 1.82) is 0 Å². The Balaban J connectivity index is 1.60. The lowest BCUT2D eigenvalue weighted by molar-refractivity contribution is -0.139. The molecule has 196 valence electrons. The van der Waals surface area contributed by atoms with Crippen LogP contribution < -0.4 is 5.32 Å². The minimum atomic E-state index is -0.982. The third kappa shape index (κ3) is 5.62. The number of urea groups is 1. The van der Waals surface area contributed by atoms with Crippen LogP contribution in [0.1, 0.15) is 35.8 Å². The predicted octanol–water partition coefficient (Wildman–Crippen LogP) is 3.84. The van der Waals surface area contributed by atoms with Crippen LogP contribution in [-0.4, -0.2) is 78.5 Å². The van der Waals surface area contributed by atoms with E-state index in [9.17, 15) is 18.8 Å².